The molecule has 2 aromatic carbocycles. The molecular formula is C20H22N4O. The topological polar surface area (TPSA) is 59.8 Å². The molecule has 0 spiro atoms. The predicted octanol–water partition coefficient (Wildman–Crippen LogP) is 3.21. The number of nitrogens with zero attached hydrogens (tertiary/aromatic N) is 3. The van der Waals surface area contributed by atoms with Gasteiger partial charge in [-0.15, -0.1) is 10.2 Å². The van der Waals surface area contributed by atoms with Crippen LogP contribution < -0.4 is 5.32 Å². The smallest absolute Gasteiger partial charge is 0.221 e. The van der Waals surface area contributed by atoms with Crippen molar-refractivity contribution in [3.63, 3.8) is 0 Å². The van der Waals surface area contributed by atoms with E-state index in [0.717, 1.165) is 17.0 Å². The Hall–Kier alpha value is -2.95. The van der Waals surface area contributed by atoms with Crippen molar-refractivity contribution in [1.82, 2.24) is 20.1 Å². The highest BCUT2D eigenvalue weighted by atomic mass is 16.1. The van der Waals surface area contributed by atoms with E-state index in [1.54, 1.807) is 6.33 Å². The van der Waals surface area contributed by atoms with E-state index < -0.39 is 0 Å². The molecular weight excluding hydrogens is 312 g/mol. The van der Waals surface area contributed by atoms with Crippen LogP contribution in [0.2, 0.25) is 0 Å². The fourth-order valence-corrected chi connectivity index (χ4v) is 3.03. The average Bonchev–Trinajstić information content (AvgIpc) is 3.07. The van der Waals surface area contributed by atoms with Crippen LogP contribution in [0.4, 0.5) is 0 Å². The second-order valence-corrected chi connectivity index (χ2v) is 6.17. The molecule has 0 saturated heterocycles. The van der Waals surface area contributed by atoms with Gasteiger partial charge < -0.3 is 9.88 Å². The lowest BCUT2D eigenvalue weighted by Gasteiger charge is -2.19. The summed E-state index contributed by atoms with van der Waals surface area (Å²) < 4.78 is 1.82. The molecule has 5 heteroatoms. The number of benzene rings is 2. The van der Waals surface area contributed by atoms with Crippen molar-refractivity contribution < 1.29 is 4.79 Å². The molecule has 0 aliphatic carbocycles. The van der Waals surface area contributed by atoms with Crippen LogP contribution in [0.1, 0.15) is 42.3 Å². The zero-order valence-electron chi connectivity index (χ0n) is 14.5. The van der Waals surface area contributed by atoms with E-state index >= 15 is 0 Å². The van der Waals surface area contributed by atoms with Gasteiger partial charge in [-0.3, -0.25) is 4.79 Å². The summed E-state index contributed by atoms with van der Waals surface area (Å²) in [5.41, 5.74) is 2.27. The maximum absolute atomic E-state index is 12.6. The fourth-order valence-electron chi connectivity index (χ4n) is 3.03. The van der Waals surface area contributed by atoms with Crippen molar-refractivity contribution in [2.45, 2.75) is 25.3 Å². The molecule has 1 unspecified atom stereocenters. The first kappa shape index (κ1) is 16.9. The second kappa shape index (κ2) is 7.75. The first-order valence-electron chi connectivity index (χ1n) is 8.38. The number of hydrogen-bond acceptors (Lipinski definition) is 3. The summed E-state index contributed by atoms with van der Waals surface area (Å²) >= 11 is 0. The molecule has 0 aliphatic heterocycles. The molecule has 1 heterocycles. The minimum Gasteiger partial charge on any atom is -0.346 e. The van der Waals surface area contributed by atoms with E-state index in [4.69, 9.17) is 0 Å². The average molecular weight is 334 g/mol. The summed E-state index contributed by atoms with van der Waals surface area (Å²) in [6.07, 6.45) is 2.02. The summed E-state index contributed by atoms with van der Waals surface area (Å²) in [5.74, 6) is 0.756. The molecule has 0 fully saturated rings. The number of rotatable bonds is 6. The third-order valence-electron chi connectivity index (χ3n) is 4.30. The van der Waals surface area contributed by atoms with Gasteiger partial charge in [-0.2, -0.15) is 0 Å². The summed E-state index contributed by atoms with van der Waals surface area (Å²) in [7, 11) is 1.87. The minimum absolute atomic E-state index is 0.00629. The molecule has 3 rings (SSSR count). The van der Waals surface area contributed by atoms with Gasteiger partial charge in [-0.05, 0) is 18.1 Å². The Labute approximate surface area is 147 Å². The number of aryl methyl sites for hydroxylation is 1. The fraction of sp³-hybridized carbons (Fsp3) is 0.250. The van der Waals surface area contributed by atoms with Crippen LogP contribution in [-0.2, 0) is 11.8 Å². The van der Waals surface area contributed by atoms with Crippen LogP contribution in [0.5, 0.6) is 0 Å². The summed E-state index contributed by atoms with van der Waals surface area (Å²) in [6, 6.07) is 20.1. The molecule has 0 aliphatic rings. The van der Waals surface area contributed by atoms with Crippen LogP contribution in [-0.4, -0.2) is 20.7 Å². The number of carbonyl (C=O) groups excluding carboxylic acids is 1. The number of carbonyl (C=O) groups is 1. The van der Waals surface area contributed by atoms with Gasteiger partial charge in [0.05, 0.1) is 6.04 Å². The van der Waals surface area contributed by atoms with Crippen molar-refractivity contribution in [2.75, 3.05) is 0 Å². The van der Waals surface area contributed by atoms with Crippen LogP contribution in [0.3, 0.4) is 0 Å². The quantitative estimate of drug-likeness (QED) is 0.753. The van der Waals surface area contributed by atoms with Gasteiger partial charge in [0.25, 0.3) is 0 Å². The van der Waals surface area contributed by atoms with Crippen LogP contribution in [0, 0.1) is 0 Å². The molecule has 1 N–H and O–H groups in total. The number of amides is 1. The standard InChI is InChI=1S/C20H22N4O/c1-15(20-23-21-14-24(20)2)22-19(25)13-18(16-9-5-3-6-10-16)17-11-7-4-8-12-17/h3-12,14-15,18H,13H2,1-2H3,(H,22,25). The lowest BCUT2D eigenvalue weighted by molar-refractivity contribution is -0.122. The monoisotopic (exact) mass is 334 g/mol. The van der Waals surface area contributed by atoms with Crippen molar-refractivity contribution in [3.05, 3.63) is 83.9 Å². The SMILES string of the molecule is CC(NC(=O)CC(c1ccccc1)c1ccccc1)c1nncn1C. The lowest BCUT2D eigenvalue weighted by atomic mass is 9.88. The zero-order chi connectivity index (χ0) is 17.6. The molecule has 25 heavy (non-hydrogen) atoms. The maximum Gasteiger partial charge on any atom is 0.221 e. The zero-order valence-corrected chi connectivity index (χ0v) is 14.5. The number of hydrogen-bond donors (Lipinski definition) is 1. The Morgan fingerprint density at radius 1 is 1.04 bits per heavy atom. The van der Waals surface area contributed by atoms with E-state index in [9.17, 15) is 4.79 Å². The Morgan fingerprint density at radius 2 is 1.60 bits per heavy atom. The van der Waals surface area contributed by atoms with E-state index in [1.807, 2.05) is 54.9 Å². The molecule has 5 nitrogen and oxygen atoms in total. The molecule has 0 radical (unpaired) electrons. The Bertz CT molecular complexity index is 774. The summed E-state index contributed by atoms with van der Waals surface area (Å²) in [6.45, 7) is 1.92. The van der Waals surface area contributed by atoms with Crippen molar-refractivity contribution in [3.8, 4) is 0 Å². The Morgan fingerprint density at radius 3 is 2.08 bits per heavy atom. The number of aromatic nitrogens is 3. The molecule has 128 valence electrons. The highest BCUT2D eigenvalue weighted by Crippen LogP contribution is 2.28. The molecule has 3 aromatic rings. The summed E-state index contributed by atoms with van der Waals surface area (Å²) in [4.78, 5) is 12.6. The van der Waals surface area contributed by atoms with Gasteiger partial charge in [0.15, 0.2) is 5.82 Å². The second-order valence-electron chi connectivity index (χ2n) is 6.17. The van der Waals surface area contributed by atoms with Gasteiger partial charge in [0, 0.05) is 19.4 Å². The summed E-state index contributed by atoms with van der Waals surface area (Å²) in [5, 5.41) is 11.0. The van der Waals surface area contributed by atoms with Crippen molar-refractivity contribution in [2.24, 2.45) is 7.05 Å². The maximum atomic E-state index is 12.6. The largest absolute Gasteiger partial charge is 0.346 e. The lowest BCUT2D eigenvalue weighted by Crippen LogP contribution is -2.29. The molecule has 1 amide bonds. The number of nitrogens with one attached hydrogen (secondary N) is 1. The van der Waals surface area contributed by atoms with Crippen LogP contribution in [0.15, 0.2) is 67.0 Å². The molecule has 1 atom stereocenters. The highest BCUT2D eigenvalue weighted by molar-refractivity contribution is 5.78. The van der Waals surface area contributed by atoms with Crippen molar-refractivity contribution >= 4 is 5.91 Å². The molecule has 0 saturated carbocycles. The highest BCUT2D eigenvalue weighted by Gasteiger charge is 2.20. The van der Waals surface area contributed by atoms with Crippen LogP contribution >= 0.6 is 0 Å². The Kier molecular flexibility index (Phi) is 5.23. The third kappa shape index (κ3) is 4.12. The van der Waals surface area contributed by atoms with E-state index in [2.05, 4.69) is 39.8 Å². The van der Waals surface area contributed by atoms with Gasteiger partial charge >= 0.3 is 0 Å². The van der Waals surface area contributed by atoms with E-state index in [0.29, 0.717) is 6.42 Å². The third-order valence-corrected chi connectivity index (χ3v) is 4.30. The Balaban J connectivity index is 1.76. The normalized spacial score (nSPS) is 12.1. The predicted molar refractivity (Wildman–Crippen MR) is 96.9 cm³/mol. The first-order valence-corrected chi connectivity index (χ1v) is 8.38. The molecule has 0 bridgehead atoms. The van der Waals surface area contributed by atoms with Crippen molar-refractivity contribution in [1.29, 1.82) is 0 Å². The first-order chi connectivity index (χ1) is 12.1. The minimum atomic E-state index is -0.188. The van der Waals surface area contributed by atoms with Gasteiger partial charge in [0.2, 0.25) is 5.91 Å². The van der Waals surface area contributed by atoms with E-state index in [-0.39, 0.29) is 17.9 Å². The van der Waals surface area contributed by atoms with Gasteiger partial charge in [-0.25, -0.2) is 0 Å². The molecule has 1 aromatic heterocycles. The van der Waals surface area contributed by atoms with E-state index in [1.165, 1.54) is 0 Å². The van der Waals surface area contributed by atoms with Gasteiger partial charge in [0.1, 0.15) is 6.33 Å². The van der Waals surface area contributed by atoms with Crippen LogP contribution in [0.25, 0.3) is 0 Å². The van der Waals surface area contributed by atoms with Gasteiger partial charge in [-0.1, -0.05) is 60.7 Å².